The van der Waals surface area contributed by atoms with Gasteiger partial charge in [-0.15, -0.1) is 0 Å². The summed E-state index contributed by atoms with van der Waals surface area (Å²) in [5.74, 6) is -1.21. The van der Waals surface area contributed by atoms with Gasteiger partial charge in [0.1, 0.15) is 0 Å². The third-order valence-corrected chi connectivity index (χ3v) is 5.27. The van der Waals surface area contributed by atoms with Crippen LogP contribution in [0, 0.1) is 5.92 Å². The second kappa shape index (κ2) is 4.80. The Kier molecular flexibility index (Phi) is 3.57. The molecule has 7 nitrogen and oxygen atoms in total. The molecule has 1 aliphatic heterocycles. The van der Waals surface area contributed by atoms with Crippen LogP contribution >= 0.6 is 0 Å². The van der Waals surface area contributed by atoms with Gasteiger partial charge in [-0.3, -0.25) is 0 Å². The van der Waals surface area contributed by atoms with Crippen molar-refractivity contribution in [3.63, 3.8) is 0 Å². The molecule has 0 spiro atoms. The first-order valence-corrected chi connectivity index (χ1v) is 7.53. The van der Waals surface area contributed by atoms with E-state index in [-0.39, 0.29) is 29.6 Å². The molecule has 20 heavy (non-hydrogen) atoms. The number of hydrogen-bond donors (Lipinski definition) is 2. The zero-order valence-corrected chi connectivity index (χ0v) is 12.0. The fraction of sp³-hybridized carbons (Fsp3) is 0.500. The van der Waals surface area contributed by atoms with Crippen molar-refractivity contribution < 1.29 is 23.4 Å². The van der Waals surface area contributed by atoms with Gasteiger partial charge in [-0.05, 0) is 18.1 Å². The van der Waals surface area contributed by atoms with Crippen LogP contribution in [-0.2, 0) is 10.0 Å². The third-order valence-electron chi connectivity index (χ3n) is 3.56. The second-order valence-corrected chi connectivity index (χ2v) is 7.11. The first-order chi connectivity index (χ1) is 9.17. The summed E-state index contributed by atoms with van der Waals surface area (Å²) in [6, 6.07) is 2.35. The fourth-order valence-corrected chi connectivity index (χ4v) is 3.37. The first kappa shape index (κ1) is 14.9. The Morgan fingerprint density at radius 2 is 2.00 bits per heavy atom. The van der Waals surface area contributed by atoms with Crippen molar-refractivity contribution in [1.82, 2.24) is 9.29 Å². The number of sulfonamides is 1. The average molecular weight is 300 g/mol. The maximum Gasteiger partial charge on any atom is 0.337 e. The number of nitrogens with zero attached hydrogens (tertiary/aromatic N) is 2. The zero-order valence-electron chi connectivity index (χ0n) is 11.1. The highest BCUT2D eigenvalue weighted by Gasteiger charge is 2.49. The van der Waals surface area contributed by atoms with E-state index in [2.05, 4.69) is 4.98 Å². The quantitative estimate of drug-likeness (QED) is 0.820. The van der Waals surface area contributed by atoms with Gasteiger partial charge >= 0.3 is 5.97 Å². The maximum absolute atomic E-state index is 12.2. The van der Waals surface area contributed by atoms with Crippen molar-refractivity contribution in [3.8, 4) is 0 Å². The predicted molar refractivity (Wildman–Crippen MR) is 69.7 cm³/mol. The van der Waals surface area contributed by atoms with Gasteiger partial charge in [0.05, 0.1) is 11.2 Å². The number of carboxylic acids is 1. The van der Waals surface area contributed by atoms with E-state index in [0.29, 0.717) is 0 Å². The molecule has 1 aliphatic rings. The van der Waals surface area contributed by atoms with Crippen molar-refractivity contribution in [3.05, 3.63) is 23.9 Å². The summed E-state index contributed by atoms with van der Waals surface area (Å²) in [5.41, 5.74) is -1.08. The van der Waals surface area contributed by atoms with Crippen LogP contribution in [0.4, 0.5) is 0 Å². The molecular formula is C12H16N2O5S. The Balaban J connectivity index is 2.19. The summed E-state index contributed by atoms with van der Waals surface area (Å²) in [6.45, 7) is 3.69. The van der Waals surface area contributed by atoms with E-state index in [0.717, 1.165) is 16.6 Å². The molecule has 1 aromatic rings. The molecule has 2 N–H and O–H groups in total. The van der Waals surface area contributed by atoms with Gasteiger partial charge in [0.15, 0.2) is 5.03 Å². The lowest BCUT2D eigenvalue weighted by Gasteiger charge is -2.47. The van der Waals surface area contributed by atoms with Crippen LogP contribution < -0.4 is 0 Å². The van der Waals surface area contributed by atoms with Gasteiger partial charge in [0, 0.05) is 19.3 Å². The minimum Gasteiger partial charge on any atom is -0.478 e. The topological polar surface area (TPSA) is 108 Å². The first-order valence-electron chi connectivity index (χ1n) is 6.09. The van der Waals surface area contributed by atoms with Crippen LogP contribution in [0.1, 0.15) is 24.2 Å². The van der Waals surface area contributed by atoms with E-state index in [9.17, 15) is 18.3 Å². The lowest BCUT2D eigenvalue weighted by atomic mass is 9.85. The summed E-state index contributed by atoms with van der Waals surface area (Å²) >= 11 is 0. The predicted octanol–water partition coefficient (Wildman–Crippen LogP) is 0.171. The van der Waals surface area contributed by atoms with Crippen molar-refractivity contribution in [2.45, 2.75) is 24.5 Å². The molecule has 0 aliphatic carbocycles. The molecule has 0 amide bonds. The Labute approximate surface area is 116 Å². The Morgan fingerprint density at radius 3 is 2.40 bits per heavy atom. The second-order valence-electron chi connectivity index (χ2n) is 5.22. The van der Waals surface area contributed by atoms with Crippen LogP contribution in [-0.4, -0.2) is 52.6 Å². The van der Waals surface area contributed by atoms with Crippen LogP contribution in [0.3, 0.4) is 0 Å². The Morgan fingerprint density at radius 1 is 1.40 bits per heavy atom. The van der Waals surface area contributed by atoms with E-state index in [1.807, 2.05) is 13.8 Å². The zero-order chi connectivity index (χ0) is 15.1. The minimum atomic E-state index is -3.78. The van der Waals surface area contributed by atoms with E-state index >= 15 is 0 Å². The highest BCUT2D eigenvalue weighted by molar-refractivity contribution is 7.89. The summed E-state index contributed by atoms with van der Waals surface area (Å²) < 4.78 is 25.6. The molecule has 2 heterocycles. The van der Waals surface area contributed by atoms with Crippen molar-refractivity contribution in [1.29, 1.82) is 0 Å². The number of carboxylic acid groups (broad SMARTS) is 1. The van der Waals surface area contributed by atoms with Gasteiger partial charge in [-0.2, -0.15) is 4.31 Å². The highest BCUT2D eigenvalue weighted by atomic mass is 32.2. The van der Waals surface area contributed by atoms with Crippen LogP contribution in [0.2, 0.25) is 0 Å². The molecule has 8 heteroatoms. The maximum atomic E-state index is 12.2. The molecule has 2 rings (SSSR count). The summed E-state index contributed by atoms with van der Waals surface area (Å²) in [4.78, 5) is 14.4. The number of rotatable bonds is 4. The number of aromatic carboxylic acids is 1. The highest BCUT2D eigenvalue weighted by Crippen LogP contribution is 2.32. The molecular weight excluding hydrogens is 284 g/mol. The lowest BCUT2D eigenvalue weighted by molar-refractivity contribution is -0.0933. The number of aliphatic hydroxyl groups is 1. The van der Waals surface area contributed by atoms with Crippen molar-refractivity contribution >= 4 is 16.0 Å². The van der Waals surface area contributed by atoms with Gasteiger partial charge in [-0.1, -0.05) is 13.8 Å². The third kappa shape index (κ3) is 2.41. The number of aromatic nitrogens is 1. The standard InChI is InChI=1S/C12H16N2O5S/c1-8(2)12(17)6-14(7-12)20(18,19)10-4-3-9(5-13-10)11(15)16/h3-5,8,17H,6-7H2,1-2H3,(H,15,16). The van der Waals surface area contributed by atoms with Gasteiger partial charge in [0.2, 0.25) is 0 Å². The van der Waals surface area contributed by atoms with E-state index < -0.39 is 21.6 Å². The lowest BCUT2D eigenvalue weighted by Crippen LogP contribution is -2.65. The molecule has 0 bridgehead atoms. The van der Waals surface area contributed by atoms with E-state index in [1.54, 1.807) is 0 Å². The molecule has 110 valence electrons. The van der Waals surface area contributed by atoms with Gasteiger partial charge < -0.3 is 10.2 Å². The molecule has 1 saturated heterocycles. The van der Waals surface area contributed by atoms with E-state index in [4.69, 9.17) is 5.11 Å². The number of β-amino-alcohol motifs (C(OH)–C–C–N with tert-alkyl or cyclic N) is 1. The van der Waals surface area contributed by atoms with Crippen molar-refractivity contribution in [2.24, 2.45) is 5.92 Å². The largest absolute Gasteiger partial charge is 0.478 e. The molecule has 0 atom stereocenters. The van der Waals surface area contributed by atoms with Crippen LogP contribution in [0.5, 0.6) is 0 Å². The normalized spacial score (nSPS) is 18.8. The smallest absolute Gasteiger partial charge is 0.337 e. The average Bonchev–Trinajstić information content (AvgIpc) is 2.34. The summed E-state index contributed by atoms with van der Waals surface area (Å²) in [7, 11) is -3.78. The van der Waals surface area contributed by atoms with Crippen LogP contribution in [0.15, 0.2) is 23.4 Å². The summed E-state index contributed by atoms with van der Waals surface area (Å²) in [5, 5.41) is 18.6. The van der Waals surface area contributed by atoms with E-state index in [1.165, 1.54) is 6.07 Å². The molecule has 0 unspecified atom stereocenters. The van der Waals surface area contributed by atoms with Gasteiger partial charge in [-0.25, -0.2) is 18.2 Å². The Bertz CT molecular complexity index is 618. The number of carbonyl (C=O) groups is 1. The van der Waals surface area contributed by atoms with Crippen molar-refractivity contribution in [2.75, 3.05) is 13.1 Å². The molecule has 1 fully saturated rings. The fourth-order valence-electron chi connectivity index (χ4n) is 1.89. The SMILES string of the molecule is CC(C)C1(O)CN(S(=O)(=O)c2ccc(C(=O)O)cn2)C1. The monoisotopic (exact) mass is 300 g/mol. The number of pyridine rings is 1. The van der Waals surface area contributed by atoms with Gasteiger partial charge in [0.25, 0.3) is 10.0 Å². The molecule has 0 saturated carbocycles. The van der Waals surface area contributed by atoms with Crippen LogP contribution in [0.25, 0.3) is 0 Å². The number of hydrogen-bond acceptors (Lipinski definition) is 5. The molecule has 0 aromatic carbocycles. The molecule has 0 radical (unpaired) electrons. The molecule has 1 aromatic heterocycles. The minimum absolute atomic E-state index is 0.0232. The Hall–Kier alpha value is -1.51. The summed E-state index contributed by atoms with van der Waals surface area (Å²) in [6.07, 6.45) is 1.00.